The van der Waals surface area contributed by atoms with Crippen molar-refractivity contribution in [2.45, 2.75) is 37.8 Å². The summed E-state index contributed by atoms with van der Waals surface area (Å²) in [6.45, 7) is 0. The van der Waals surface area contributed by atoms with Crippen molar-refractivity contribution in [3.8, 4) is 0 Å². The number of hydrogen-bond acceptors (Lipinski definition) is 3. The molecule has 9 heavy (non-hydrogen) atoms. The third-order valence-corrected chi connectivity index (χ3v) is 1.89. The monoisotopic (exact) mass is 131 g/mol. The van der Waals surface area contributed by atoms with Crippen molar-refractivity contribution in [1.82, 2.24) is 5.48 Å². The van der Waals surface area contributed by atoms with E-state index < -0.39 is 5.72 Å². The second kappa shape index (κ2) is 2.64. The Labute approximate surface area is 54.7 Å². The van der Waals surface area contributed by atoms with Crippen molar-refractivity contribution in [2.75, 3.05) is 0 Å². The van der Waals surface area contributed by atoms with Gasteiger partial charge in [0.05, 0.1) is 0 Å². The van der Waals surface area contributed by atoms with Crippen LogP contribution < -0.4 is 5.48 Å². The van der Waals surface area contributed by atoms with Crippen molar-refractivity contribution >= 4 is 0 Å². The van der Waals surface area contributed by atoms with Crippen molar-refractivity contribution in [2.24, 2.45) is 0 Å². The Morgan fingerprint density at radius 3 is 2.00 bits per heavy atom. The van der Waals surface area contributed by atoms with Crippen LogP contribution in [-0.4, -0.2) is 16.0 Å². The average Bonchev–Trinajstić information content (AvgIpc) is 1.90. The molecule has 54 valence electrons. The summed E-state index contributed by atoms with van der Waals surface area (Å²) in [5, 5.41) is 17.8. The molecule has 0 bridgehead atoms. The van der Waals surface area contributed by atoms with Gasteiger partial charge < -0.3 is 10.3 Å². The Balaban J connectivity index is 2.37. The number of rotatable bonds is 1. The summed E-state index contributed by atoms with van der Waals surface area (Å²) in [5.74, 6) is 0. The van der Waals surface area contributed by atoms with E-state index in [1.165, 1.54) is 6.42 Å². The highest BCUT2D eigenvalue weighted by Gasteiger charge is 2.27. The lowest BCUT2D eigenvalue weighted by atomic mass is 9.93. The second-order valence-electron chi connectivity index (χ2n) is 2.70. The number of hydroxylamine groups is 1. The van der Waals surface area contributed by atoms with Gasteiger partial charge >= 0.3 is 0 Å². The van der Waals surface area contributed by atoms with Crippen molar-refractivity contribution in [1.29, 1.82) is 0 Å². The van der Waals surface area contributed by atoms with Gasteiger partial charge in [0, 0.05) is 0 Å². The molecule has 0 saturated heterocycles. The summed E-state index contributed by atoms with van der Waals surface area (Å²) in [4.78, 5) is 0. The first-order valence-corrected chi connectivity index (χ1v) is 3.40. The SMILES string of the molecule is ONC1(O)CCCCC1. The van der Waals surface area contributed by atoms with E-state index >= 15 is 0 Å². The van der Waals surface area contributed by atoms with Gasteiger partial charge in [-0.15, -0.1) is 0 Å². The molecular weight excluding hydrogens is 118 g/mol. The van der Waals surface area contributed by atoms with Crippen LogP contribution >= 0.6 is 0 Å². The van der Waals surface area contributed by atoms with Crippen LogP contribution in [0.15, 0.2) is 0 Å². The molecule has 1 saturated carbocycles. The van der Waals surface area contributed by atoms with Crippen LogP contribution in [0.1, 0.15) is 32.1 Å². The number of aliphatic hydroxyl groups is 1. The minimum Gasteiger partial charge on any atom is -0.374 e. The van der Waals surface area contributed by atoms with Gasteiger partial charge in [-0.25, -0.2) is 0 Å². The first kappa shape index (κ1) is 6.99. The Morgan fingerprint density at radius 2 is 1.67 bits per heavy atom. The van der Waals surface area contributed by atoms with Crippen LogP contribution in [0.4, 0.5) is 0 Å². The quantitative estimate of drug-likeness (QED) is 0.361. The lowest BCUT2D eigenvalue weighted by Gasteiger charge is -2.29. The minimum absolute atomic E-state index is 0.670. The van der Waals surface area contributed by atoms with E-state index in [2.05, 4.69) is 0 Å². The van der Waals surface area contributed by atoms with Crippen LogP contribution in [0.5, 0.6) is 0 Å². The molecular formula is C6H13NO2. The lowest BCUT2D eigenvalue weighted by Crippen LogP contribution is -2.44. The summed E-state index contributed by atoms with van der Waals surface area (Å²) < 4.78 is 0. The molecule has 0 amide bonds. The molecule has 0 atom stereocenters. The maximum absolute atomic E-state index is 9.32. The van der Waals surface area contributed by atoms with E-state index in [0.29, 0.717) is 12.8 Å². The molecule has 0 unspecified atom stereocenters. The zero-order chi connectivity index (χ0) is 6.74. The van der Waals surface area contributed by atoms with Gasteiger partial charge in [-0.2, -0.15) is 5.48 Å². The van der Waals surface area contributed by atoms with Crippen molar-refractivity contribution in [3.63, 3.8) is 0 Å². The van der Waals surface area contributed by atoms with Gasteiger partial charge in [0.25, 0.3) is 0 Å². The molecule has 1 rings (SSSR count). The Bertz CT molecular complexity index is 89.1. The summed E-state index contributed by atoms with van der Waals surface area (Å²) in [6.07, 6.45) is 4.52. The molecule has 1 fully saturated rings. The third-order valence-electron chi connectivity index (χ3n) is 1.89. The molecule has 3 heteroatoms. The molecule has 1 aliphatic rings. The smallest absolute Gasteiger partial charge is 0.137 e. The molecule has 0 radical (unpaired) electrons. The molecule has 0 aromatic heterocycles. The molecule has 3 N–H and O–H groups in total. The minimum atomic E-state index is -0.974. The van der Waals surface area contributed by atoms with Gasteiger partial charge in [0.15, 0.2) is 0 Å². The topological polar surface area (TPSA) is 52.5 Å². The van der Waals surface area contributed by atoms with Crippen molar-refractivity contribution < 1.29 is 10.3 Å². The van der Waals surface area contributed by atoms with Gasteiger partial charge in [0.1, 0.15) is 5.72 Å². The molecule has 3 nitrogen and oxygen atoms in total. The first-order chi connectivity index (χ1) is 4.27. The predicted molar refractivity (Wildman–Crippen MR) is 33.0 cm³/mol. The van der Waals surface area contributed by atoms with Crippen LogP contribution in [-0.2, 0) is 0 Å². The highest BCUT2D eigenvalue weighted by atomic mass is 16.5. The molecule has 1 aliphatic carbocycles. The highest BCUT2D eigenvalue weighted by Crippen LogP contribution is 2.24. The molecule has 0 aliphatic heterocycles. The number of hydrogen-bond donors (Lipinski definition) is 3. The van der Waals surface area contributed by atoms with Crippen LogP contribution in [0, 0.1) is 0 Å². The fourth-order valence-corrected chi connectivity index (χ4v) is 1.25. The largest absolute Gasteiger partial charge is 0.374 e. The number of nitrogens with one attached hydrogen (secondary N) is 1. The summed E-state index contributed by atoms with van der Waals surface area (Å²) in [7, 11) is 0. The fraction of sp³-hybridized carbons (Fsp3) is 1.00. The van der Waals surface area contributed by atoms with E-state index in [1.807, 2.05) is 5.48 Å². The average molecular weight is 131 g/mol. The molecule has 0 heterocycles. The molecule has 0 aromatic rings. The summed E-state index contributed by atoms with van der Waals surface area (Å²) >= 11 is 0. The Kier molecular flexibility index (Phi) is 2.05. The van der Waals surface area contributed by atoms with E-state index in [0.717, 1.165) is 12.8 Å². The normalized spacial score (nSPS) is 26.0. The van der Waals surface area contributed by atoms with E-state index in [-0.39, 0.29) is 0 Å². The maximum Gasteiger partial charge on any atom is 0.137 e. The molecule has 0 spiro atoms. The first-order valence-electron chi connectivity index (χ1n) is 3.40. The van der Waals surface area contributed by atoms with E-state index in [4.69, 9.17) is 5.21 Å². The van der Waals surface area contributed by atoms with Gasteiger partial charge in [-0.3, -0.25) is 0 Å². The van der Waals surface area contributed by atoms with Crippen molar-refractivity contribution in [3.05, 3.63) is 0 Å². The van der Waals surface area contributed by atoms with Gasteiger partial charge in [-0.1, -0.05) is 6.42 Å². The maximum atomic E-state index is 9.32. The predicted octanol–water partition coefficient (Wildman–Crippen LogP) is 0.618. The zero-order valence-corrected chi connectivity index (χ0v) is 5.43. The Morgan fingerprint density at radius 1 is 1.11 bits per heavy atom. The summed E-state index contributed by atoms with van der Waals surface area (Å²) in [6, 6.07) is 0. The van der Waals surface area contributed by atoms with Gasteiger partial charge in [0.2, 0.25) is 0 Å². The molecule has 0 aromatic carbocycles. The Hall–Kier alpha value is -0.120. The zero-order valence-electron chi connectivity index (χ0n) is 5.43. The third kappa shape index (κ3) is 1.64. The fourth-order valence-electron chi connectivity index (χ4n) is 1.25. The van der Waals surface area contributed by atoms with Crippen LogP contribution in [0.25, 0.3) is 0 Å². The summed E-state index contributed by atoms with van der Waals surface area (Å²) in [5.41, 5.74) is 0.962. The lowest BCUT2D eigenvalue weighted by molar-refractivity contribution is -0.114. The van der Waals surface area contributed by atoms with Gasteiger partial charge in [-0.05, 0) is 25.7 Å². The highest BCUT2D eigenvalue weighted by molar-refractivity contribution is 4.75. The van der Waals surface area contributed by atoms with Crippen LogP contribution in [0.3, 0.4) is 0 Å². The van der Waals surface area contributed by atoms with E-state index in [9.17, 15) is 5.11 Å². The second-order valence-corrected chi connectivity index (χ2v) is 2.70. The van der Waals surface area contributed by atoms with E-state index in [1.54, 1.807) is 0 Å². The van der Waals surface area contributed by atoms with Crippen LogP contribution in [0.2, 0.25) is 0 Å². The standard InChI is InChI=1S/C6H13NO2/c8-6(7-9)4-2-1-3-5-6/h7-9H,1-5H2.